The lowest BCUT2D eigenvalue weighted by Crippen LogP contribution is -2.35. The molecular formula is C13H15BrFNO2. The number of benzene rings is 1. The molecule has 0 saturated heterocycles. The minimum Gasteiger partial charge on any atom is -0.395 e. The van der Waals surface area contributed by atoms with Crippen LogP contribution in [-0.4, -0.2) is 29.6 Å². The van der Waals surface area contributed by atoms with Crippen molar-refractivity contribution in [2.45, 2.75) is 19.4 Å². The summed E-state index contributed by atoms with van der Waals surface area (Å²) in [5.74, 6) is -0.434. The Morgan fingerprint density at radius 3 is 2.78 bits per heavy atom. The predicted molar refractivity (Wildman–Crippen MR) is 69.3 cm³/mol. The predicted octanol–water partition coefficient (Wildman–Crippen LogP) is 2.32. The molecule has 5 heteroatoms. The third kappa shape index (κ3) is 2.57. The number of aliphatic hydroxyl groups is 1. The number of hydrogen-bond donors (Lipinski definition) is 1. The van der Waals surface area contributed by atoms with Crippen LogP contribution in [0.4, 0.5) is 4.39 Å². The summed E-state index contributed by atoms with van der Waals surface area (Å²) in [6.45, 7) is 0.0863. The van der Waals surface area contributed by atoms with E-state index in [1.165, 1.54) is 11.0 Å². The Bertz CT molecular complexity index is 474. The third-order valence-electron chi connectivity index (χ3n) is 3.37. The van der Waals surface area contributed by atoms with E-state index in [4.69, 9.17) is 0 Å². The molecule has 2 rings (SSSR count). The Labute approximate surface area is 114 Å². The number of amides is 1. The average Bonchev–Trinajstić information content (AvgIpc) is 3.14. The van der Waals surface area contributed by atoms with Gasteiger partial charge in [-0.05, 0) is 31.0 Å². The smallest absolute Gasteiger partial charge is 0.231 e. The number of rotatable bonds is 4. The van der Waals surface area contributed by atoms with Crippen LogP contribution in [0.1, 0.15) is 18.4 Å². The van der Waals surface area contributed by atoms with Crippen molar-refractivity contribution in [3.63, 3.8) is 0 Å². The molecule has 0 aromatic heterocycles. The molecule has 0 atom stereocenters. The summed E-state index contributed by atoms with van der Waals surface area (Å²) in [6, 6.07) is 4.66. The lowest BCUT2D eigenvalue weighted by molar-refractivity contribution is -0.137. The van der Waals surface area contributed by atoms with Gasteiger partial charge in [0.05, 0.1) is 12.0 Å². The van der Waals surface area contributed by atoms with Gasteiger partial charge in [0, 0.05) is 23.6 Å². The zero-order valence-corrected chi connectivity index (χ0v) is 11.7. The molecule has 1 fully saturated rings. The second kappa shape index (κ2) is 4.97. The van der Waals surface area contributed by atoms with Gasteiger partial charge in [-0.3, -0.25) is 4.79 Å². The van der Waals surface area contributed by atoms with Crippen LogP contribution in [0.2, 0.25) is 0 Å². The number of carbonyl (C=O) groups excluding carboxylic acids is 1. The van der Waals surface area contributed by atoms with Crippen molar-refractivity contribution in [1.29, 1.82) is 0 Å². The summed E-state index contributed by atoms with van der Waals surface area (Å²) >= 11 is 3.28. The van der Waals surface area contributed by atoms with Crippen LogP contribution >= 0.6 is 15.9 Å². The monoisotopic (exact) mass is 315 g/mol. The van der Waals surface area contributed by atoms with Crippen molar-refractivity contribution in [3.05, 3.63) is 34.1 Å². The second-order valence-corrected chi connectivity index (χ2v) is 5.75. The minimum absolute atomic E-state index is 0.107. The maximum atomic E-state index is 13.6. The zero-order valence-electron chi connectivity index (χ0n) is 10.1. The lowest BCUT2D eigenvalue weighted by Gasteiger charge is -2.22. The zero-order chi connectivity index (χ0) is 13.3. The first-order valence-electron chi connectivity index (χ1n) is 5.79. The number of nitrogens with zero attached hydrogens (tertiary/aromatic N) is 1. The van der Waals surface area contributed by atoms with Crippen LogP contribution in [0.25, 0.3) is 0 Å². The summed E-state index contributed by atoms with van der Waals surface area (Å²) in [7, 11) is 1.64. The lowest BCUT2D eigenvalue weighted by atomic mass is 10.1. The van der Waals surface area contributed by atoms with Crippen LogP contribution < -0.4 is 0 Å². The number of aliphatic hydroxyl groups excluding tert-OH is 1. The largest absolute Gasteiger partial charge is 0.395 e. The summed E-state index contributed by atoms with van der Waals surface area (Å²) in [5, 5.41) is 9.21. The van der Waals surface area contributed by atoms with Crippen molar-refractivity contribution >= 4 is 21.8 Å². The molecule has 1 aromatic carbocycles. The molecule has 3 nitrogen and oxygen atoms in total. The molecule has 0 spiro atoms. The van der Waals surface area contributed by atoms with E-state index in [2.05, 4.69) is 15.9 Å². The van der Waals surface area contributed by atoms with E-state index in [-0.39, 0.29) is 24.9 Å². The first-order valence-corrected chi connectivity index (χ1v) is 6.58. The number of hydrogen-bond acceptors (Lipinski definition) is 2. The van der Waals surface area contributed by atoms with E-state index in [0.29, 0.717) is 18.4 Å². The molecule has 0 radical (unpaired) electrons. The van der Waals surface area contributed by atoms with Crippen molar-refractivity contribution < 1.29 is 14.3 Å². The topological polar surface area (TPSA) is 40.5 Å². The fraction of sp³-hybridized carbons (Fsp3) is 0.462. The molecular weight excluding hydrogens is 301 g/mol. The van der Waals surface area contributed by atoms with E-state index in [0.717, 1.165) is 4.47 Å². The highest BCUT2D eigenvalue weighted by Gasteiger charge is 2.50. The van der Waals surface area contributed by atoms with Crippen molar-refractivity contribution in [2.24, 2.45) is 5.41 Å². The Kier molecular flexibility index (Phi) is 3.73. The van der Waals surface area contributed by atoms with Crippen LogP contribution in [0.15, 0.2) is 22.7 Å². The highest BCUT2D eigenvalue weighted by molar-refractivity contribution is 9.10. The average molecular weight is 316 g/mol. The molecule has 1 aromatic rings. The first-order chi connectivity index (χ1) is 8.48. The molecule has 1 N–H and O–H groups in total. The first kappa shape index (κ1) is 13.5. The molecule has 0 unspecified atom stereocenters. The fourth-order valence-electron chi connectivity index (χ4n) is 1.99. The highest BCUT2D eigenvalue weighted by Crippen LogP contribution is 2.46. The van der Waals surface area contributed by atoms with Crippen molar-refractivity contribution in [3.8, 4) is 0 Å². The van der Waals surface area contributed by atoms with E-state index >= 15 is 0 Å². The van der Waals surface area contributed by atoms with E-state index < -0.39 is 5.41 Å². The molecule has 1 aliphatic carbocycles. The van der Waals surface area contributed by atoms with Crippen LogP contribution in [0.3, 0.4) is 0 Å². The van der Waals surface area contributed by atoms with Crippen LogP contribution in [0.5, 0.6) is 0 Å². The quantitative estimate of drug-likeness (QED) is 0.926. The van der Waals surface area contributed by atoms with E-state index in [1.807, 2.05) is 0 Å². The number of carbonyl (C=O) groups is 1. The van der Waals surface area contributed by atoms with E-state index in [9.17, 15) is 14.3 Å². The van der Waals surface area contributed by atoms with Gasteiger partial charge in [0.25, 0.3) is 0 Å². The van der Waals surface area contributed by atoms with Crippen molar-refractivity contribution in [1.82, 2.24) is 4.90 Å². The van der Waals surface area contributed by atoms with Gasteiger partial charge in [0.2, 0.25) is 5.91 Å². The van der Waals surface area contributed by atoms with Gasteiger partial charge in [-0.1, -0.05) is 15.9 Å². The second-order valence-electron chi connectivity index (χ2n) is 4.84. The molecule has 18 heavy (non-hydrogen) atoms. The molecule has 1 amide bonds. The Hall–Kier alpha value is -0.940. The van der Waals surface area contributed by atoms with E-state index in [1.54, 1.807) is 19.2 Å². The standard InChI is InChI=1S/C13H15BrFNO2/c1-16(12(18)13(8-17)4-5-13)7-9-6-10(14)2-3-11(9)15/h2-3,6,17H,4-5,7-8H2,1H3. The van der Waals surface area contributed by atoms with Crippen LogP contribution in [0, 0.1) is 11.2 Å². The number of halogens is 2. The van der Waals surface area contributed by atoms with Gasteiger partial charge in [-0.15, -0.1) is 0 Å². The van der Waals surface area contributed by atoms with Gasteiger partial charge in [-0.2, -0.15) is 0 Å². The molecule has 0 aliphatic heterocycles. The van der Waals surface area contributed by atoms with Gasteiger partial charge in [-0.25, -0.2) is 4.39 Å². The molecule has 1 aliphatic rings. The third-order valence-corrected chi connectivity index (χ3v) is 3.87. The molecule has 98 valence electrons. The minimum atomic E-state index is -0.600. The maximum absolute atomic E-state index is 13.6. The van der Waals surface area contributed by atoms with Gasteiger partial charge in [0.15, 0.2) is 0 Å². The Balaban J connectivity index is 2.09. The van der Waals surface area contributed by atoms with Gasteiger partial charge < -0.3 is 10.0 Å². The Morgan fingerprint density at radius 1 is 1.56 bits per heavy atom. The van der Waals surface area contributed by atoms with Gasteiger partial charge in [0.1, 0.15) is 5.82 Å². The van der Waals surface area contributed by atoms with Crippen LogP contribution in [-0.2, 0) is 11.3 Å². The molecule has 0 heterocycles. The summed E-state index contributed by atoms with van der Waals surface area (Å²) < 4.78 is 14.4. The summed E-state index contributed by atoms with van der Waals surface area (Å²) in [6.07, 6.45) is 1.43. The molecule has 1 saturated carbocycles. The SMILES string of the molecule is CN(Cc1cc(Br)ccc1F)C(=O)C1(CO)CC1. The summed E-state index contributed by atoms with van der Waals surface area (Å²) in [4.78, 5) is 13.6. The summed E-state index contributed by atoms with van der Waals surface area (Å²) in [5.41, 5.74) is -0.133. The maximum Gasteiger partial charge on any atom is 0.231 e. The fourth-order valence-corrected chi connectivity index (χ4v) is 2.40. The normalized spacial score (nSPS) is 16.4. The van der Waals surface area contributed by atoms with Crippen molar-refractivity contribution in [2.75, 3.05) is 13.7 Å². The van der Waals surface area contributed by atoms with Gasteiger partial charge >= 0.3 is 0 Å². The molecule has 0 bridgehead atoms. The Morgan fingerprint density at radius 2 is 2.22 bits per heavy atom. The highest BCUT2D eigenvalue weighted by atomic mass is 79.9.